The van der Waals surface area contributed by atoms with Crippen LogP contribution in [0, 0.1) is 0 Å². The molecule has 0 bridgehead atoms. The van der Waals surface area contributed by atoms with E-state index in [0.29, 0.717) is 26.3 Å². The van der Waals surface area contributed by atoms with Crippen molar-refractivity contribution in [1.29, 1.82) is 0 Å². The second-order valence-corrected chi connectivity index (χ2v) is 6.62. The van der Waals surface area contributed by atoms with E-state index in [-0.39, 0.29) is 5.91 Å². The van der Waals surface area contributed by atoms with Crippen molar-refractivity contribution in [3.63, 3.8) is 0 Å². The summed E-state index contributed by atoms with van der Waals surface area (Å²) in [5.74, 6) is 1.07. The highest BCUT2D eigenvalue weighted by Gasteiger charge is 2.22. The molecule has 0 aliphatic carbocycles. The van der Waals surface area contributed by atoms with Crippen LogP contribution in [-0.4, -0.2) is 22.3 Å². The molecule has 1 saturated heterocycles. The molecule has 2 aromatic heterocycles. The summed E-state index contributed by atoms with van der Waals surface area (Å²) in [7, 11) is 1.61. The number of hydrogen-bond donors (Lipinski definition) is 1. The SMILES string of the molecule is COc1cccc2c1ncc1cc(/C=C3\SC(=S)NC3=O)oc12. The Kier molecular flexibility index (Phi) is 3.32. The molecule has 1 N–H and O–H groups in total. The summed E-state index contributed by atoms with van der Waals surface area (Å²) in [5, 5.41) is 4.31. The van der Waals surface area contributed by atoms with Crippen LogP contribution < -0.4 is 10.1 Å². The van der Waals surface area contributed by atoms with Crippen molar-refractivity contribution in [2.24, 2.45) is 0 Å². The average Bonchev–Trinajstić information content (AvgIpc) is 3.09. The number of fused-ring (bicyclic) bond motifs is 3. The predicted octanol–water partition coefficient (Wildman–Crippen LogP) is 3.48. The predicted molar refractivity (Wildman–Crippen MR) is 94.4 cm³/mol. The zero-order valence-electron chi connectivity index (χ0n) is 12.0. The summed E-state index contributed by atoms with van der Waals surface area (Å²) in [4.78, 5) is 16.7. The molecule has 23 heavy (non-hydrogen) atoms. The molecule has 0 spiro atoms. The molecule has 0 saturated carbocycles. The van der Waals surface area contributed by atoms with E-state index in [2.05, 4.69) is 10.3 Å². The van der Waals surface area contributed by atoms with Crippen LogP contribution in [0.3, 0.4) is 0 Å². The quantitative estimate of drug-likeness (QED) is 0.568. The number of carbonyl (C=O) groups is 1. The number of furan rings is 1. The first kappa shape index (κ1) is 14.2. The number of methoxy groups -OCH3 is 1. The number of para-hydroxylation sites is 1. The van der Waals surface area contributed by atoms with Crippen LogP contribution >= 0.6 is 24.0 Å². The maximum Gasteiger partial charge on any atom is 0.263 e. The van der Waals surface area contributed by atoms with Crippen molar-refractivity contribution in [3.05, 3.63) is 41.1 Å². The number of thiocarbonyl (C=S) groups is 1. The van der Waals surface area contributed by atoms with Crippen molar-refractivity contribution in [1.82, 2.24) is 10.3 Å². The second-order valence-electron chi connectivity index (χ2n) is 4.90. The third-order valence-corrected chi connectivity index (χ3v) is 4.65. The van der Waals surface area contributed by atoms with Gasteiger partial charge in [-0.15, -0.1) is 0 Å². The van der Waals surface area contributed by atoms with E-state index < -0.39 is 0 Å². The van der Waals surface area contributed by atoms with Gasteiger partial charge in [-0.25, -0.2) is 0 Å². The van der Waals surface area contributed by atoms with E-state index in [4.69, 9.17) is 21.4 Å². The Morgan fingerprint density at radius 1 is 1.43 bits per heavy atom. The van der Waals surface area contributed by atoms with E-state index in [1.165, 1.54) is 11.8 Å². The van der Waals surface area contributed by atoms with Crippen LogP contribution in [0.25, 0.3) is 27.9 Å². The van der Waals surface area contributed by atoms with Gasteiger partial charge < -0.3 is 14.5 Å². The van der Waals surface area contributed by atoms with E-state index in [9.17, 15) is 4.79 Å². The van der Waals surface area contributed by atoms with Crippen LogP contribution in [0.5, 0.6) is 5.75 Å². The number of hydrogen-bond acceptors (Lipinski definition) is 6. The summed E-state index contributed by atoms with van der Waals surface area (Å²) in [6, 6.07) is 7.53. The minimum absolute atomic E-state index is 0.204. The van der Waals surface area contributed by atoms with Crippen molar-refractivity contribution in [2.45, 2.75) is 0 Å². The number of pyridine rings is 1. The maximum absolute atomic E-state index is 11.7. The normalized spacial score (nSPS) is 16.5. The third-order valence-electron chi connectivity index (χ3n) is 3.49. The molecule has 5 nitrogen and oxygen atoms in total. The van der Waals surface area contributed by atoms with Gasteiger partial charge in [-0.05, 0) is 18.2 Å². The summed E-state index contributed by atoms with van der Waals surface area (Å²) >= 11 is 6.20. The van der Waals surface area contributed by atoms with Crippen LogP contribution in [-0.2, 0) is 4.79 Å². The number of ether oxygens (including phenoxy) is 1. The largest absolute Gasteiger partial charge is 0.494 e. The summed E-state index contributed by atoms with van der Waals surface area (Å²) < 4.78 is 11.7. The molecule has 1 aliphatic rings. The highest BCUT2D eigenvalue weighted by atomic mass is 32.2. The molecule has 1 amide bonds. The van der Waals surface area contributed by atoms with Crippen molar-refractivity contribution in [3.8, 4) is 5.75 Å². The third kappa shape index (κ3) is 2.38. The lowest BCUT2D eigenvalue weighted by Gasteiger charge is -2.03. The van der Waals surface area contributed by atoms with Gasteiger partial charge >= 0.3 is 0 Å². The van der Waals surface area contributed by atoms with Crippen molar-refractivity contribution < 1.29 is 13.9 Å². The number of benzene rings is 1. The number of carbonyl (C=O) groups excluding carboxylic acids is 1. The van der Waals surface area contributed by atoms with Crippen molar-refractivity contribution in [2.75, 3.05) is 7.11 Å². The zero-order valence-corrected chi connectivity index (χ0v) is 13.6. The van der Waals surface area contributed by atoms with Crippen LogP contribution in [0.15, 0.2) is 39.8 Å². The lowest BCUT2D eigenvalue weighted by molar-refractivity contribution is -0.115. The van der Waals surface area contributed by atoms with Gasteiger partial charge in [-0.3, -0.25) is 9.78 Å². The fourth-order valence-electron chi connectivity index (χ4n) is 2.49. The molecule has 4 rings (SSSR count). The Labute approximate surface area is 140 Å². The number of rotatable bonds is 2. The van der Waals surface area contributed by atoms with E-state index in [1.807, 2.05) is 24.3 Å². The molecule has 1 aliphatic heterocycles. The molecule has 1 aromatic carbocycles. The molecule has 0 atom stereocenters. The lowest BCUT2D eigenvalue weighted by Crippen LogP contribution is -2.17. The van der Waals surface area contributed by atoms with Gasteiger partial charge in [0.2, 0.25) is 0 Å². The molecule has 0 radical (unpaired) electrons. The smallest absolute Gasteiger partial charge is 0.263 e. The first-order chi connectivity index (χ1) is 11.2. The number of aromatic nitrogens is 1. The van der Waals surface area contributed by atoms with Crippen LogP contribution in [0.2, 0.25) is 0 Å². The molecule has 7 heteroatoms. The molecular weight excluding hydrogens is 332 g/mol. The Morgan fingerprint density at radius 3 is 3.04 bits per heavy atom. The first-order valence-electron chi connectivity index (χ1n) is 6.76. The molecular formula is C16H10N2O3S2. The van der Waals surface area contributed by atoms with E-state index >= 15 is 0 Å². The standard InChI is InChI=1S/C16H10N2O3S2/c1-20-11-4-2-3-10-13(11)17-7-8-5-9(21-14(8)10)6-12-15(19)18-16(22)23-12/h2-7H,1H3,(H,18,19,22)/b12-6-. The molecule has 1 fully saturated rings. The van der Waals surface area contributed by atoms with Crippen LogP contribution in [0.4, 0.5) is 0 Å². The molecule has 3 aromatic rings. The van der Waals surface area contributed by atoms with Crippen molar-refractivity contribution >= 4 is 62.2 Å². The summed E-state index contributed by atoms with van der Waals surface area (Å²) in [5.41, 5.74) is 1.46. The highest BCUT2D eigenvalue weighted by Crippen LogP contribution is 2.33. The zero-order chi connectivity index (χ0) is 16.0. The van der Waals surface area contributed by atoms with Gasteiger partial charge in [0.15, 0.2) is 0 Å². The molecule has 3 heterocycles. The minimum atomic E-state index is -0.204. The van der Waals surface area contributed by atoms with Gasteiger partial charge in [0.1, 0.15) is 26.9 Å². The Balaban J connectivity index is 1.88. The molecule has 0 unspecified atom stereocenters. The average molecular weight is 342 g/mol. The topological polar surface area (TPSA) is 64.4 Å². The van der Waals surface area contributed by atoms with E-state index in [0.717, 1.165) is 16.3 Å². The van der Waals surface area contributed by atoms with Gasteiger partial charge in [-0.1, -0.05) is 30.0 Å². The Hall–Kier alpha value is -2.38. The fourth-order valence-corrected chi connectivity index (χ4v) is 3.51. The van der Waals surface area contributed by atoms with Gasteiger partial charge in [0, 0.05) is 23.0 Å². The Morgan fingerprint density at radius 2 is 2.30 bits per heavy atom. The van der Waals surface area contributed by atoms with Crippen LogP contribution in [0.1, 0.15) is 5.76 Å². The summed E-state index contributed by atoms with van der Waals surface area (Å²) in [6.45, 7) is 0. The number of nitrogens with one attached hydrogen (secondary N) is 1. The first-order valence-corrected chi connectivity index (χ1v) is 7.98. The number of amides is 1. The van der Waals surface area contributed by atoms with Gasteiger partial charge in [-0.2, -0.15) is 0 Å². The minimum Gasteiger partial charge on any atom is -0.494 e. The van der Waals surface area contributed by atoms with Gasteiger partial charge in [0.05, 0.1) is 12.0 Å². The number of nitrogens with zero attached hydrogens (tertiary/aromatic N) is 1. The monoisotopic (exact) mass is 342 g/mol. The van der Waals surface area contributed by atoms with E-state index in [1.54, 1.807) is 19.4 Å². The Bertz CT molecular complexity index is 1010. The molecule has 114 valence electrons. The fraction of sp³-hybridized carbons (Fsp3) is 0.0625. The summed E-state index contributed by atoms with van der Waals surface area (Å²) in [6.07, 6.45) is 3.42. The maximum atomic E-state index is 11.7. The second kappa shape index (κ2) is 5.36. The lowest BCUT2D eigenvalue weighted by atomic mass is 10.1. The van der Waals surface area contributed by atoms with Gasteiger partial charge in [0.25, 0.3) is 5.91 Å². The number of thioether (sulfide) groups is 1. The highest BCUT2D eigenvalue weighted by molar-refractivity contribution is 8.26.